The van der Waals surface area contributed by atoms with E-state index in [1.807, 2.05) is 78.9 Å². The second-order valence-electron chi connectivity index (χ2n) is 7.14. The molecule has 3 nitrogen and oxygen atoms in total. The maximum atomic E-state index is 12.4. The lowest BCUT2D eigenvalue weighted by atomic mass is 10.0. The van der Waals surface area contributed by atoms with Crippen LogP contribution in [-0.2, 0) is 12.8 Å². The van der Waals surface area contributed by atoms with Crippen LogP contribution >= 0.6 is 0 Å². The standard InChI is InChI=1S/C27H22O3/c28-25-16-10-21(11-17-25)7-6-20-8-12-24(13-9-20)27(29)30-26-18-14-23(15-19-26)22-4-2-1-3-5-22/h1-5,8-19,28H,6-7H2. The Kier molecular flexibility index (Phi) is 5.90. The molecule has 4 aromatic rings. The van der Waals surface area contributed by atoms with Gasteiger partial charge in [0, 0.05) is 0 Å². The van der Waals surface area contributed by atoms with E-state index in [9.17, 15) is 9.90 Å². The Balaban J connectivity index is 1.35. The zero-order valence-electron chi connectivity index (χ0n) is 16.5. The summed E-state index contributed by atoms with van der Waals surface area (Å²) in [5.74, 6) is 0.431. The minimum Gasteiger partial charge on any atom is -0.508 e. The van der Waals surface area contributed by atoms with Crippen LogP contribution in [-0.4, -0.2) is 11.1 Å². The van der Waals surface area contributed by atoms with Gasteiger partial charge in [-0.3, -0.25) is 0 Å². The number of carbonyl (C=O) groups is 1. The molecule has 0 atom stereocenters. The van der Waals surface area contributed by atoms with E-state index < -0.39 is 0 Å². The normalized spacial score (nSPS) is 10.5. The van der Waals surface area contributed by atoms with Gasteiger partial charge >= 0.3 is 5.97 Å². The molecule has 3 heteroatoms. The fourth-order valence-corrected chi connectivity index (χ4v) is 3.27. The molecule has 148 valence electrons. The Hall–Kier alpha value is -3.85. The summed E-state index contributed by atoms with van der Waals surface area (Å²) in [6.45, 7) is 0. The first-order valence-electron chi connectivity index (χ1n) is 9.92. The minimum atomic E-state index is -0.368. The van der Waals surface area contributed by atoms with Crippen LogP contribution in [0.3, 0.4) is 0 Å². The molecule has 1 N–H and O–H groups in total. The molecule has 0 fully saturated rings. The molecule has 0 saturated carbocycles. The lowest BCUT2D eigenvalue weighted by Gasteiger charge is -2.07. The van der Waals surface area contributed by atoms with Gasteiger partial charge in [-0.2, -0.15) is 0 Å². The maximum absolute atomic E-state index is 12.4. The molecule has 0 aromatic heterocycles. The number of benzene rings is 4. The summed E-state index contributed by atoms with van der Waals surface area (Å²) < 4.78 is 5.51. The molecule has 0 heterocycles. The van der Waals surface area contributed by atoms with Crippen molar-refractivity contribution in [1.29, 1.82) is 0 Å². The molecule has 0 bridgehead atoms. The quantitative estimate of drug-likeness (QED) is 0.319. The number of aryl methyl sites for hydroxylation is 2. The van der Waals surface area contributed by atoms with E-state index in [1.165, 1.54) is 0 Å². The summed E-state index contributed by atoms with van der Waals surface area (Å²) in [5, 5.41) is 9.35. The number of phenols is 1. The van der Waals surface area contributed by atoms with Crippen molar-refractivity contribution >= 4 is 5.97 Å². The summed E-state index contributed by atoms with van der Waals surface area (Å²) in [5.41, 5.74) is 5.03. The summed E-state index contributed by atoms with van der Waals surface area (Å²) in [7, 11) is 0. The van der Waals surface area contributed by atoms with Gasteiger partial charge in [0.25, 0.3) is 0 Å². The largest absolute Gasteiger partial charge is 0.508 e. The average molecular weight is 394 g/mol. The van der Waals surface area contributed by atoms with Gasteiger partial charge in [-0.15, -0.1) is 0 Å². The highest BCUT2D eigenvalue weighted by Crippen LogP contribution is 2.23. The van der Waals surface area contributed by atoms with E-state index in [2.05, 4.69) is 0 Å². The molecule has 0 aliphatic rings. The highest BCUT2D eigenvalue weighted by atomic mass is 16.5. The van der Waals surface area contributed by atoms with Crippen molar-refractivity contribution in [3.8, 4) is 22.6 Å². The topological polar surface area (TPSA) is 46.5 Å². The van der Waals surface area contributed by atoms with E-state index >= 15 is 0 Å². The molecule has 30 heavy (non-hydrogen) atoms. The number of esters is 1. The highest BCUT2D eigenvalue weighted by molar-refractivity contribution is 5.91. The molecule has 0 aliphatic carbocycles. The van der Waals surface area contributed by atoms with Gasteiger partial charge in [-0.1, -0.05) is 66.7 Å². The van der Waals surface area contributed by atoms with Crippen molar-refractivity contribution < 1.29 is 14.6 Å². The van der Waals surface area contributed by atoms with Gasteiger partial charge in [0.2, 0.25) is 0 Å². The number of carbonyl (C=O) groups excluding carboxylic acids is 1. The van der Waals surface area contributed by atoms with Crippen LogP contribution in [0.4, 0.5) is 0 Å². The Morgan fingerprint density at radius 3 is 1.77 bits per heavy atom. The van der Waals surface area contributed by atoms with E-state index in [0.29, 0.717) is 11.3 Å². The van der Waals surface area contributed by atoms with Crippen molar-refractivity contribution in [2.45, 2.75) is 12.8 Å². The van der Waals surface area contributed by atoms with E-state index in [4.69, 9.17) is 4.74 Å². The molecule has 0 spiro atoms. The van der Waals surface area contributed by atoms with Crippen LogP contribution in [0, 0.1) is 0 Å². The van der Waals surface area contributed by atoms with Crippen LogP contribution in [0.2, 0.25) is 0 Å². The summed E-state index contributed by atoms with van der Waals surface area (Å²) in [6, 6.07) is 32.3. The molecule has 4 rings (SSSR count). The molecule has 0 radical (unpaired) electrons. The number of ether oxygens (including phenoxy) is 1. The first kappa shape index (κ1) is 19.5. The Morgan fingerprint density at radius 2 is 1.17 bits per heavy atom. The van der Waals surface area contributed by atoms with Gasteiger partial charge in [0.15, 0.2) is 0 Å². The average Bonchev–Trinajstić information content (AvgIpc) is 2.80. The predicted molar refractivity (Wildman–Crippen MR) is 119 cm³/mol. The van der Waals surface area contributed by atoms with E-state index in [1.54, 1.807) is 24.3 Å². The van der Waals surface area contributed by atoms with Crippen molar-refractivity contribution in [3.63, 3.8) is 0 Å². The monoisotopic (exact) mass is 394 g/mol. The third kappa shape index (κ3) is 4.95. The second kappa shape index (κ2) is 9.10. The fourth-order valence-electron chi connectivity index (χ4n) is 3.27. The first-order valence-corrected chi connectivity index (χ1v) is 9.92. The van der Waals surface area contributed by atoms with Crippen LogP contribution in [0.25, 0.3) is 11.1 Å². The first-order chi connectivity index (χ1) is 14.7. The van der Waals surface area contributed by atoms with Crippen LogP contribution < -0.4 is 4.74 Å². The maximum Gasteiger partial charge on any atom is 0.343 e. The van der Waals surface area contributed by atoms with E-state index in [0.717, 1.165) is 35.1 Å². The molecule has 0 amide bonds. The van der Waals surface area contributed by atoms with Crippen molar-refractivity contribution in [1.82, 2.24) is 0 Å². The summed E-state index contributed by atoms with van der Waals surface area (Å²) >= 11 is 0. The Morgan fingerprint density at radius 1 is 0.633 bits per heavy atom. The van der Waals surface area contributed by atoms with Crippen LogP contribution in [0.1, 0.15) is 21.5 Å². The number of hydrogen-bond donors (Lipinski definition) is 1. The van der Waals surface area contributed by atoms with Gasteiger partial charge < -0.3 is 9.84 Å². The predicted octanol–water partition coefficient (Wildman–Crippen LogP) is 6.06. The molecular formula is C27H22O3. The fraction of sp³-hybridized carbons (Fsp3) is 0.0741. The molecular weight excluding hydrogens is 372 g/mol. The van der Waals surface area contributed by atoms with Gasteiger partial charge in [-0.25, -0.2) is 4.79 Å². The van der Waals surface area contributed by atoms with Crippen molar-refractivity contribution in [2.24, 2.45) is 0 Å². The molecule has 4 aromatic carbocycles. The van der Waals surface area contributed by atoms with Crippen LogP contribution in [0.15, 0.2) is 103 Å². The van der Waals surface area contributed by atoms with Gasteiger partial charge in [0.05, 0.1) is 5.56 Å². The number of rotatable bonds is 6. The van der Waals surface area contributed by atoms with Crippen molar-refractivity contribution in [2.75, 3.05) is 0 Å². The molecule has 0 saturated heterocycles. The Labute approximate surface area is 176 Å². The number of phenolic OH excluding ortho intramolecular Hbond substituents is 1. The Bertz CT molecular complexity index is 1100. The number of hydrogen-bond acceptors (Lipinski definition) is 3. The van der Waals surface area contributed by atoms with E-state index in [-0.39, 0.29) is 11.7 Å². The van der Waals surface area contributed by atoms with Crippen molar-refractivity contribution in [3.05, 3.63) is 120 Å². The third-order valence-electron chi connectivity index (χ3n) is 5.00. The lowest BCUT2D eigenvalue weighted by molar-refractivity contribution is 0.0735. The summed E-state index contributed by atoms with van der Waals surface area (Å²) in [6.07, 6.45) is 1.74. The SMILES string of the molecule is O=C(Oc1ccc(-c2ccccc2)cc1)c1ccc(CCc2ccc(O)cc2)cc1. The zero-order valence-corrected chi connectivity index (χ0v) is 16.5. The third-order valence-corrected chi connectivity index (χ3v) is 5.00. The second-order valence-corrected chi connectivity index (χ2v) is 7.14. The lowest BCUT2D eigenvalue weighted by Crippen LogP contribution is -2.08. The van der Waals surface area contributed by atoms with Gasteiger partial charge in [0.1, 0.15) is 11.5 Å². The summed E-state index contributed by atoms with van der Waals surface area (Å²) in [4.78, 5) is 12.4. The smallest absolute Gasteiger partial charge is 0.343 e. The molecule has 0 aliphatic heterocycles. The molecule has 0 unspecified atom stereocenters. The minimum absolute atomic E-state index is 0.274. The van der Waals surface area contributed by atoms with Crippen LogP contribution in [0.5, 0.6) is 11.5 Å². The van der Waals surface area contributed by atoms with Gasteiger partial charge in [-0.05, 0) is 71.5 Å². The zero-order chi connectivity index (χ0) is 20.8. The number of aromatic hydroxyl groups is 1. The highest BCUT2D eigenvalue weighted by Gasteiger charge is 2.09.